The summed E-state index contributed by atoms with van der Waals surface area (Å²) in [6, 6.07) is 11.8. The number of aromatic nitrogens is 2. The summed E-state index contributed by atoms with van der Waals surface area (Å²) in [5.41, 5.74) is 0.322. The van der Waals surface area contributed by atoms with Gasteiger partial charge in [0.15, 0.2) is 5.69 Å². The van der Waals surface area contributed by atoms with E-state index in [0.717, 1.165) is 4.57 Å². The molecule has 0 aliphatic rings. The standard InChI is InChI=1S/C21H19FN4O4/c1-23-19(28)14-7-5-13(6-8-14)18-25-16(17(27)21(30)26(18)2)20(29)24-11-12-3-9-15(22)10-4-12/h3-10,27H,11H2,1-2H3,(H,23,28)(H,24,29). The molecule has 154 valence electrons. The fourth-order valence-corrected chi connectivity index (χ4v) is 2.79. The normalized spacial score (nSPS) is 10.5. The van der Waals surface area contributed by atoms with Gasteiger partial charge in [0.1, 0.15) is 11.6 Å². The average Bonchev–Trinajstić information content (AvgIpc) is 2.76. The molecule has 0 saturated heterocycles. The Morgan fingerprint density at radius 1 is 1.07 bits per heavy atom. The topological polar surface area (TPSA) is 113 Å². The van der Waals surface area contributed by atoms with Crippen molar-refractivity contribution >= 4 is 11.8 Å². The smallest absolute Gasteiger partial charge is 0.296 e. The van der Waals surface area contributed by atoms with Gasteiger partial charge in [0.2, 0.25) is 5.75 Å². The molecular weight excluding hydrogens is 391 g/mol. The Balaban J connectivity index is 1.91. The van der Waals surface area contributed by atoms with Crippen LogP contribution in [0.3, 0.4) is 0 Å². The number of halogens is 1. The van der Waals surface area contributed by atoms with E-state index >= 15 is 0 Å². The summed E-state index contributed by atoms with van der Waals surface area (Å²) in [6.45, 7) is 0.0611. The van der Waals surface area contributed by atoms with Gasteiger partial charge in [0, 0.05) is 31.8 Å². The minimum absolute atomic E-state index is 0.0611. The number of aromatic hydroxyl groups is 1. The molecule has 8 nitrogen and oxygen atoms in total. The van der Waals surface area contributed by atoms with Crippen LogP contribution in [0.15, 0.2) is 53.3 Å². The van der Waals surface area contributed by atoms with E-state index < -0.39 is 28.7 Å². The molecule has 1 heterocycles. The molecule has 0 saturated carbocycles. The molecule has 0 radical (unpaired) electrons. The minimum Gasteiger partial charge on any atom is -0.501 e. The first kappa shape index (κ1) is 20.7. The molecule has 30 heavy (non-hydrogen) atoms. The SMILES string of the molecule is CNC(=O)c1ccc(-c2nc(C(=O)NCc3ccc(F)cc3)c(O)c(=O)n2C)cc1. The molecule has 0 spiro atoms. The summed E-state index contributed by atoms with van der Waals surface area (Å²) in [7, 11) is 2.93. The van der Waals surface area contributed by atoms with Crippen LogP contribution in [0.2, 0.25) is 0 Å². The predicted octanol–water partition coefficient (Wildman–Crippen LogP) is 1.58. The van der Waals surface area contributed by atoms with E-state index in [-0.39, 0.29) is 18.3 Å². The Morgan fingerprint density at radius 3 is 2.30 bits per heavy atom. The molecule has 0 atom stereocenters. The molecule has 2 aromatic carbocycles. The van der Waals surface area contributed by atoms with Crippen molar-refractivity contribution in [1.82, 2.24) is 20.2 Å². The lowest BCUT2D eigenvalue weighted by Gasteiger charge is -2.12. The highest BCUT2D eigenvalue weighted by Gasteiger charge is 2.21. The lowest BCUT2D eigenvalue weighted by Crippen LogP contribution is -2.29. The third-order valence-corrected chi connectivity index (χ3v) is 4.48. The lowest BCUT2D eigenvalue weighted by molar-refractivity contribution is 0.0939. The fraction of sp³-hybridized carbons (Fsp3) is 0.143. The summed E-state index contributed by atoms with van der Waals surface area (Å²) in [4.78, 5) is 40.8. The largest absolute Gasteiger partial charge is 0.501 e. The second-order valence-corrected chi connectivity index (χ2v) is 6.46. The molecule has 0 bridgehead atoms. The van der Waals surface area contributed by atoms with Crippen molar-refractivity contribution in [3.8, 4) is 17.1 Å². The highest BCUT2D eigenvalue weighted by molar-refractivity contribution is 5.95. The first-order valence-corrected chi connectivity index (χ1v) is 8.97. The third-order valence-electron chi connectivity index (χ3n) is 4.48. The summed E-state index contributed by atoms with van der Waals surface area (Å²) >= 11 is 0. The maximum atomic E-state index is 13.0. The van der Waals surface area contributed by atoms with Gasteiger partial charge >= 0.3 is 0 Å². The van der Waals surface area contributed by atoms with Gasteiger partial charge in [-0.1, -0.05) is 24.3 Å². The molecule has 0 unspecified atom stereocenters. The second-order valence-electron chi connectivity index (χ2n) is 6.46. The Kier molecular flexibility index (Phi) is 5.91. The van der Waals surface area contributed by atoms with Crippen LogP contribution < -0.4 is 16.2 Å². The molecule has 2 amide bonds. The number of carbonyl (C=O) groups is 2. The van der Waals surface area contributed by atoms with Gasteiger partial charge in [-0.25, -0.2) is 9.37 Å². The number of amides is 2. The van der Waals surface area contributed by atoms with Gasteiger partial charge in [-0.15, -0.1) is 0 Å². The summed E-state index contributed by atoms with van der Waals surface area (Å²) in [5, 5.41) is 15.2. The van der Waals surface area contributed by atoms with E-state index in [4.69, 9.17) is 0 Å². The number of nitrogens with one attached hydrogen (secondary N) is 2. The van der Waals surface area contributed by atoms with Crippen LogP contribution in [-0.4, -0.2) is 33.5 Å². The van der Waals surface area contributed by atoms with Crippen LogP contribution >= 0.6 is 0 Å². The van der Waals surface area contributed by atoms with E-state index in [0.29, 0.717) is 16.7 Å². The molecule has 9 heteroatoms. The Morgan fingerprint density at radius 2 is 1.70 bits per heavy atom. The monoisotopic (exact) mass is 410 g/mol. The van der Waals surface area contributed by atoms with Crippen LogP contribution in [0.25, 0.3) is 11.4 Å². The number of carbonyl (C=O) groups excluding carboxylic acids is 2. The number of benzene rings is 2. The van der Waals surface area contributed by atoms with Crippen molar-refractivity contribution in [3.05, 3.63) is 81.5 Å². The van der Waals surface area contributed by atoms with Gasteiger partial charge < -0.3 is 15.7 Å². The first-order chi connectivity index (χ1) is 14.3. The van der Waals surface area contributed by atoms with Gasteiger partial charge in [-0.3, -0.25) is 19.0 Å². The van der Waals surface area contributed by atoms with E-state index in [1.807, 2.05) is 0 Å². The summed E-state index contributed by atoms with van der Waals surface area (Å²) in [5.74, 6) is -2.05. The summed E-state index contributed by atoms with van der Waals surface area (Å²) < 4.78 is 14.1. The molecule has 0 aliphatic heterocycles. The van der Waals surface area contributed by atoms with Gasteiger partial charge in [-0.2, -0.15) is 0 Å². The summed E-state index contributed by atoms with van der Waals surface area (Å²) in [6.07, 6.45) is 0. The van der Waals surface area contributed by atoms with Crippen molar-refractivity contribution in [2.45, 2.75) is 6.54 Å². The van der Waals surface area contributed by atoms with Crippen molar-refractivity contribution in [1.29, 1.82) is 0 Å². The quantitative estimate of drug-likeness (QED) is 0.591. The van der Waals surface area contributed by atoms with E-state index in [1.165, 1.54) is 38.4 Å². The minimum atomic E-state index is -0.790. The van der Waals surface area contributed by atoms with E-state index in [2.05, 4.69) is 15.6 Å². The highest BCUT2D eigenvalue weighted by Crippen LogP contribution is 2.20. The molecule has 3 N–H and O–H groups in total. The number of rotatable bonds is 5. The average molecular weight is 410 g/mol. The third kappa shape index (κ3) is 4.19. The number of nitrogens with zero attached hydrogens (tertiary/aromatic N) is 2. The lowest BCUT2D eigenvalue weighted by atomic mass is 10.1. The zero-order valence-corrected chi connectivity index (χ0v) is 16.3. The van der Waals surface area contributed by atoms with E-state index in [9.17, 15) is 23.9 Å². The Bertz CT molecular complexity index is 1160. The van der Waals surface area contributed by atoms with Crippen molar-refractivity contribution in [3.63, 3.8) is 0 Å². The maximum absolute atomic E-state index is 13.0. The molecular formula is C21H19FN4O4. The molecule has 1 aromatic heterocycles. The van der Waals surface area contributed by atoms with Crippen molar-refractivity contribution in [2.24, 2.45) is 7.05 Å². The van der Waals surface area contributed by atoms with Gasteiger partial charge in [-0.05, 0) is 29.8 Å². The predicted molar refractivity (Wildman–Crippen MR) is 108 cm³/mol. The van der Waals surface area contributed by atoms with Crippen LogP contribution in [0, 0.1) is 5.82 Å². The first-order valence-electron chi connectivity index (χ1n) is 8.97. The highest BCUT2D eigenvalue weighted by atomic mass is 19.1. The van der Waals surface area contributed by atoms with Crippen LogP contribution in [0.4, 0.5) is 4.39 Å². The van der Waals surface area contributed by atoms with Gasteiger partial charge in [0.25, 0.3) is 17.4 Å². The maximum Gasteiger partial charge on any atom is 0.296 e. The Hall–Kier alpha value is -4.01. The molecule has 0 fully saturated rings. The molecule has 3 aromatic rings. The van der Waals surface area contributed by atoms with E-state index in [1.54, 1.807) is 24.3 Å². The number of hydrogen-bond donors (Lipinski definition) is 3. The van der Waals surface area contributed by atoms with Crippen LogP contribution in [-0.2, 0) is 13.6 Å². The number of hydrogen-bond acceptors (Lipinski definition) is 5. The molecule has 3 rings (SSSR count). The van der Waals surface area contributed by atoms with Crippen molar-refractivity contribution < 1.29 is 19.1 Å². The van der Waals surface area contributed by atoms with Crippen LogP contribution in [0.5, 0.6) is 5.75 Å². The van der Waals surface area contributed by atoms with Gasteiger partial charge in [0.05, 0.1) is 0 Å². The Labute approximate surface area is 171 Å². The van der Waals surface area contributed by atoms with Crippen LogP contribution in [0.1, 0.15) is 26.4 Å². The second kappa shape index (κ2) is 8.56. The molecule has 0 aliphatic carbocycles. The zero-order chi connectivity index (χ0) is 21.8. The fourth-order valence-electron chi connectivity index (χ4n) is 2.79. The van der Waals surface area contributed by atoms with Crippen molar-refractivity contribution in [2.75, 3.05) is 7.05 Å². The zero-order valence-electron chi connectivity index (χ0n) is 16.3.